The fourth-order valence-electron chi connectivity index (χ4n) is 2.37. The first-order chi connectivity index (χ1) is 6.59. The standard InChI is InChI=1S/C10H20N2O2/c1-10(13,6-11)7-12-4-8-2-3-9(5-12)14-8/h8-9,13H,2-7,11H2,1H3. The van der Waals surface area contributed by atoms with Crippen LogP contribution in [0.15, 0.2) is 0 Å². The van der Waals surface area contributed by atoms with E-state index in [-0.39, 0.29) is 0 Å². The minimum absolute atomic E-state index is 0.319. The zero-order valence-electron chi connectivity index (χ0n) is 8.78. The van der Waals surface area contributed by atoms with Gasteiger partial charge in [0.1, 0.15) is 0 Å². The van der Waals surface area contributed by atoms with Crippen LogP contribution in [0.3, 0.4) is 0 Å². The molecule has 0 aromatic rings. The maximum absolute atomic E-state index is 9.86. The van der Waals surface area contributed by atoms with Crippen molar-refractivity contribution in [3.8, 4) is 0 Å². The summed E-state index contributed by atoms with van der Waals surface area (Å²) in [5, 5.41) is 9.86. The minimum Gasteiger partial charge on any atom is -0.388 e. The van der Waals surface area contributed by atoms with E-state index in [0.717, 1.165) is 13.1 Å². The summed E-state index contributed by atoms with van der Waals surface area (Å²) in [4.78, 5) is 2.28. The number of hydrogen-bond acceptors (Lipinski definition) is 4. The third-order valence-corrected chi connectivity index (χ3v) is 3.12. The molecule has 3 atom stereocenters. The predicted octanol–water partition coefficient (Wildman–Crippen LogP) is -0.441. The lowest BCUT2D eigenvalue weighted by Crippen LogP contribution is -2.51. The van der Waals surface area contributed by atoms with Crippen molar-refractivity contribution in [3.63, 3.8) is 0 Å². The molecule has 0 saturated carbocycles. The molecule has 0 aromatic heterocycles. The third-order valence-electron chi connectivity index (χ3n) is 3.12. The molecule has 0 radical (unpaired) electrons. The molecule has 0 spiro atoms. The van der Waals surface area contributed by atoms with Crippen LogP contribution in [0.25, 0.3) is 0 Å². The lowest BCUT2D eigenvalue weighted by atomic mass is 10.1. The van der Waals surface area contributed by atoms with Crippen molar-refractivity contribution in [2.75, 3.05) is 26.2 Å². The van der Waals surface area contributed by atoms with Gasteiger partial charge in [-0.15, -0.1) is 0 Å². The Balaban J connectivity index is 1.88. The van der Waals surface area contributed by atoms with Gasteiger partial charge in [0.2, 0.25) is 0 Å². The molecule has 4 nitrogen and oxygen atoms in total. The molecule has 0 aliphatic carbocycles. The van der Waals surface area contributed by atoms with Gasteiger partial charge in [0.25, 0.3) is 0 Å². The highest BCUT2D eigenvalue weighted by molar-refractivity contribution is 4.88. The summed E-state index contributed by atoms with van der Waals surface area (Å²) in [6, 6.07) is 0. The lowest BCUT2D eigenvalue weighted by Gasteiger charge is -2.36. The van der Waals surface area contributed by atoms with Gasteiger partial charge in [0.05, 0.1) is 17.8 Å². The number of rotatable bonds is 3. The molecular weight excluding hydrogens is 180 g/mol. The Morgan fingerprint density at radius 2 is 2.00 bits per heavy atom. The van der Waals surface area contributed by atoms with Crippen LogP contribution in [0.1, 0.15) is 19.8 Å². The van der Waals surface area contributed by atoms with E-state index in [0.29, 0.717) is 25.3 Å². The minimum atomic E-state index is -0.753. The normalized spacial score (nSPS) is 37.1. The number of ether oxygens (including phenoxy) is 1. The van der Waals surface area contributed by atoms with E-state index in [9.17, 15) is 5.11 Å². The van der Waals surface area contributed by atoms with Crippen molar-refractivity contribution < 1.29 is 9.84 Å². The fraction of sp³-hybridized carbons (Fsp3) is 1.00. The number of nitrogens with zero attached hydrogens (tertiary/aromatic N) is 1. The van der Waals surface area contributed by atoms with Gasteiger partial charge in [-0.2, -0.15) is 0 Å². The van der Waals surface area contributed by atoms with Crippen LogP contribution in [0, 0.1) is 0 Å². The Kier molecular flexibility index (Phi) is 2.79. The van der Waals surface area contributed by atoms with Gasteiger partial charge in [-0.3, -0.25) is 4.90 Å². The van der Waals surface area contributed by atoms with Crippen LogP contribution in [0.2, 0.25) is 0 Å². The molecule has 2 aliphatic heterocycles. The SMILES string of the molecule is CC(O)(CN)CN1CC2CCC(C1)O2. The van der Waals surface area contributed by atoms with Crippen LogP contribution in [0.4, 0.5) is 0 Å². The van der Waals surface area contributed by atoms with E-state index >= 15 is 0 Å². The number of β-amino-alcohol motifs (C(OH)–C–C–N with tert-alkyl or cyclic N) is 1. The van der Waals surface area contributed by atoms with Crippen molar-refractivity contribution in [2.45, 2.75) is 37.6 Å². The summed E-state index contributed by atoms with van der Waals surface area (Å²) >= 11 is 0. The second-order valence-corrected chi connectivity index (χ2v) is 4.85. The van der Waals surface area contributed by atoms with Crippen LogP contribution >= 0.6 is 0 Å². The Morgan fingerprint density at radius 3 is 2.50 bits per heavy atom. The van der Waals surface area contributed by atoms with Crippen LogP contribution in [0.5, 0.6) is 0 Å². The maximum atomic E-state index is 9.86. The average molecular weight is 200 g/mol. The molecule has 3 unspecified atom stereocenters. The van der Waals surface area contributed by atoms with Gasteiger partial charge in [-0.25, -0.2) is 0 Å². The predicted molar refractivity (Wildman–Crippen MR) is 54.0 cm³/mol. The summed E-state index contributed by atoms with van der Waals surface area (Å²) in [5.41, 5.74) is 4.75. The first-order valence-corrected chi connectivity index (χ1v) is 5.39. The Bertz CT molecular complexity index is 196. The monoisotopic (exact) mass is 200 g/mol. The smallest absolute Gasteiger partial charge is 0.0867 e. The van der Waals surface area contributed by atoms with E-state index in [2.05, 4.69) is 4.90 Å². The van der Waals surface area contributed by atoms with Gasteiger partial charge < -0.3 is 15.6 Å². The molecule has 0 amide bonds. The van der Waals surface area contributed by atoms with Crippen LogP contribution < -0.4 is 5.73 Å². The van der Waals surface area contributed by atoms with E-state index in [1.807, 2.05) is 0 Å². The Labute approximate surface area is 85.0 Å². The summed E-state index contributed by atoms with van der Waals surface area (Å²) in [7, 11) is 0. The molecule has 2 aliphatic rings. The highest BCUT2D eigenvalue weighted by Crippen LogP contribution is 2.26. The van der Waals surface area contributed by atoms with Crippen molar-refractivity contribution in [2.24, 2.45) is 5.73 Å². The van der Waals surface area contributed by atoms with E-state index in [4.69, 9.17) is 10.5 Å². The first kappa shape index (κ1) is 10.4. The second-order valence-electron chi connectivity index (χ2n) is 4.85. The molecular formula is C10H20N2O2. The molecule has 4 heteroatoms. The molecule has 3 N–H and O–H groups in total. The zero-order valence-corrected chi connectivity index (χ0v) is 8.78. The number of nitrogens with two attached hydrogens (primary N) is 1. The number of fused-ring (bicyclic) bond motifs is 2. The maximum Gasteiger partial charge on any atom is 0.0867 e. The van der Waals surface area contributed by atoms with Crippen LogP contribution in [-0.4, -0.2) is 54.0 Å². The van der Waals surface area contributed by atoms with Crippen molar-refractivity contribution in [1.29, 1.82) is 0 Å². The zero-order chi connectivity index (χ0) is 10.2. The number of hydrogen-bond donors (Lipinski definition) is 2. The summed E-state index contributed by atoms with van der Waals surface area (Å²) in [6.45, 7) is 4.68. The van der Waals surface area contributed by atoms with E-state index in [1.165, 1.54) is 12.8 Å². The topological polar surface area (TPSA) is 58.7 Å². The van der Waals surface area contributed by atoms with Crippen LogP contribution in [-0.2, 0) is 4.74 Å². The van der Waals surface area contributed by atoms with Gasteiger partial charge >= 0.3 is 0 Å². The highest BCUT2D eigenvalue weighted by Gasteiger charge is 2.35. The molecule has 82 valence electrons. The van der Waals surface area contributed by atoms with Gasteiger partial charge in [-0.1, -0.05) is 0 Å². The molecule has 2 bridgehead atoms. The summed E-state index contributed by atoms with van der Waals surface area (Å²) in [5.74, 6) is 0. The van der Waals surface area contributed by atoms with Gasteiger partial charge in [-0.05, 0) is 19.8 Å². The largest absolute Gasteiger partial charge is 0.388 e. The first-order valence-electron chi connectivity index (χ1n) is 5.39. The molecule has 2 fully saturated rings. The molecule has 14 heavy (non-hydrogen) atoms. The second kappa shape index (κ2) is 3.77. The summed E-state index contributed by atoms with van der Waals surface area (Å²) < 4.78 is 5.72. The Hall–Kier alpha value is -0.160. The van der Waals surface area contributed by atoms with Crippen molar-refractivity contribution >= 4 is 0 Å². The summed E-state index contributed by atoms with van der Waals surface area (Å²) in [6.07, 6.45) is 3.13. The molecule has 2 rings (SSSR count). The fourth-order valence-corrected chi connectivity index (χ4v) is 2.37. The number of likely N-dealkylation sites (tertiary alicyclic amines) is 1. The number of aliphatic hydroxyl groups is 1. The Morgan fingerprint density at radius 1 is 1.43 bits per heavy atom. The van der Waals surface area contributed by atoms with Gasteiger partial charge in [0, 0.05) is 26.2 Å². The number of morpholine rings is 1. The van der Waals surface area contributed by atoms with E-state index in [1.54, 1.807) is 6.92 Å². The average Bonchev–Trinajstić information content (AvgIpc) is 2.45. The van der Waals surface area contributed by atoms with Crippen molar-refractivity contribution in [1.82, 2.24) is 4.90 Å². The molecule has 2 saturated heterocycles. The lowest BCUT2D eigenvalue weighted by molar-refractivity contribution is -0.0644. The molecule has 0 aromatic carbocycles. The van der Waals surface area contributed by atoms with Gasteiger partial charge in [0.15, 0.2) is 0 Å². The van der Waals surface area contributed by atoms with Crippen molar-refractivity contribution in [3.05, 3.63) is 0 Å². The highest BCUT2D eigenvalue weighted by atomic mass is 16.5. The quantitative estimate of drug-likeness (QED) is 0.648. The van der Waals surface area contributed by atoms with E-state index < -0.39 is 5.60 Å². The molecule has 2 heterocycles. The third kappa shape index (κ3) is 2.25.